The summed E-state index contributed by atoms with van der Waals surface area (Å²) in [5.41, 5.74) is 2.75. The Morgan fingerprint density at radius 1 is 1.35 bits per heavy atom. The van der Waals surface area contributed by atoms with Crippen molar-refractivity contribution < 1.29 is 0 Å². The summed E-state index contributed by atoms with van der Waals surface area (Å²) in [5, 5.41) is 3.57. The molecule has 2 aromatic rings. The van der Waals surface area contributed by atoms with Gasteiger partial charge in [0.05, 0.1) is 0 Å². The maximum absolute atomic E-state index is 4.42. The zero-order valence-electron chi connectivity index (χ0n) is 12.2. The van der Waals surface area contributed by atoms with Gasteiger partial charge in [-0.2, -0.15) is 0 Å². The third kappa shape index (κ3) is 2.70. The quantitative estimate of drug-likeness (QED) is 0.925. The smallest absolute Gasteiger partial charge is 0.110 e. The zero-order chi connectivity index (χ0) is 13.9. The fourth-order valence-corrected chi connectivity index (χ4v) is 2.83. The summed E-state index contributed by atoms with van der Waals surface area (Å²) >= 11 is 0. The van der Waals surface area contributed by atoms with Crippen molar-refractivity contribution in [3.8, 4) is 0 Å². The average Bonchev–Trinajstić information content (AvgIpc) is 2.79. The van der Waals surface area contributed by atoms with Gasteiger partial charge < -0.3 is 14.8 Å². The number of aryl methyl sites for hydroxylation is 1. The van der Waals surface area contributed by atoms with Gasteiger partial charge in [0.1, 0.15) is 5.82 Å². The molecule has 1 aliphatic heterocycles. The fraction of sp³-hybridized carbons (Fsp3) is 0.438. The van der Waals surface area contributed by atoms with Crippen LogP contribution in [0.1, 0.15) is 18.3 Å². The molecule has 2 heterocycles. The molecule has 0 amide bonds. The number of fused-ring (bicyclic) bond motifs is 1. The first-order valence-electron chi connectivity index (χ1n) is 7.26. The van der Waals surface area contributed by atoms with Crippen molar-refractivity contribution in [3.63, 3.8) is 0 Å². The van der Waals surface area contributed by atoms with Gasteiger partial charge in [-0.15, -0.1) is 0 Å². The summed E-state index contributed by atoms with van der Waals surface area (Å²) in [6.07, 6.45) is 4.86. The number of anilines is 1. The van der Waals surface area contributed by atoms with Crippen molar-refractivity contribution in [2.24, 2.45) is 7.05 Å². The summed E-state index contributed by atoms with van der Waals surface area (Å²) in [5.74, 6) is 1.15. The number of para-hydroxylation sites is 1. The molecule has 0 aliphatic carbocycles. The number of nitrogens with zero attached hydrogens (tertiary/aromatic N) is 3. The van der Waals surface area contributed by atoms with E-state index in [1.165, 1.54) is 11.3 Å². The maximum Gasteiger partial charge on any atom is 0.110 e. The second-order valence-electron chi connectivity index (χ2n) is 5.56. The second kappa shape index (κ2) is 5.67. The average molecular weight is 270 g/mol. The van der Waals surface area contributed by atoms with E-state index >= 15 is 0 Å². The lowest BCUT2D eigenvalue weighted by Crippen LogP contribution is -2.37. The van der Waals surface area contributed by atoms with E-state index in [-0.39, 0.29) is 0 Å². The molecule has 0 fully saturated rings. The highest BCUT2D eigenvalue weighted by molar-refractivity contribution is 5.54. The van der Waals surface area contributed by atoms with Gasteiger partial charge in [-0.25, -0.2) is 4.98 Å². The normalized spacial score (nSPS) is 18.7. The molecule has 1 aromatic carbocycles. The predicted molar refractivity (Wildman–Crippen MR) is 81.9 cm³/mol. The van der Waals surface area contributed by atoms with Gasteiger partial charge in [-0.3, -0.25) is 0 Å². The van der Waals surface area contributed by atoms with Gasteiger partial charge in [0, 0.05) is 57.2 Å². The van der Waals surface area contributed by atoms with E-state index in [1.807, 2.05) is 12.4 Å². The minimum atomic E-state index is 0.503. The molecule has 1 unspecified atom stereocenters. The van der Waals surface area contributed by atoms with Gasteiger partial charge in [0.25, 0.3) is 0 Å². The highest BCUT2D eigenvalue weighted by atomic mass is 15.2. The molecule has 1 atom stereocenters. The Bertz CT molecular complexity index is 575. The molecule has 20 heavy (non-hydrogen) atoms. The molecule has 4 heteroatoms. The third-order valence-electron chi connectivity index (χ3n) is 3.99. The first-order valence-corrected chi connectivity index (χ1v) is 7.26. The highest BCUT2D eigenvalue weighted by Crippen LogP contribution is 2.23. The van der Waals surface area contributed by atoms with Crippen molar-refractivity contribution in [2.75, 3.05) is 18.0 Å². The van der Waals surface area contributed by atoms with Gasteiger partial charge in [0.2, 0.25) is 0 Å². The molecule has 1 aliphatic rings. The minimum Gasteiger partial charge on any atom is -0.369 e. The first kappa shape index (κ1) is 13.2. The molecule has 1 N–H and O–H groups in total. The molecule has 0 saturated heterocycles. The summed E-state index contributed by atoms with van der Waals surface area (Å²) in [7, 11) is 2.06. The zero-order valence-corrected chi connectivity index (χ0v) is 12.2. The van der Waals surface area contributed by atoms with Crippen molar-refractivity contribution in [1.29, 1.82) is 0 Å². The van der Waals surface area contributed by atoms with Crippen LogP contribution in [0.3, 0.4) is 0 Å². The first-order chi connectivity index (χ1) is 9.74. The standard InChI is InChI=1S/C16H22N4/c1-13-12-20(9-7-16-17-8-10-19(16)2)15-6-4-3-5-14(15)11-18-13/h3-6,8,10,13,18H,7,9,11-12H2,1-2H3. The van der Waals surface area contributed by atoms with Gasteiger partial charge in [-0.05, 0) is 18.6 Å². The highest BCUT2D eigenvalue weighted by Gasteiger charge is 2.18. The van der Waals surface area contributed by atoms with E-state index in [0.717, 1.165) is 31.9 Å². The largest absolute Gasteiger partial charge is 0.369 e. The SMILES string of the molecule is CC1CN(CCc2nccn2C)c2ccccc2CN1. The molecule has 0 radical (unpaired) electrons. The van der Waals surface area contributed by atoms with Gasteiger partial charge in [-0.1, -0.05) is 18.2 Å². The number of benzene rings is 1. The third-order valence-corrected chi connectivity index (χ3v) is 3.99. The van der Waals surface area contributed by atoms with Crippen molar-refractivity contribution in [3.05, 3.63) is 48.0 Å². The van der Waals surface area contributed by atoms with Crippen LogP contribution >= 0.6 is 0 Å². The Morgan fingerprint density at radius 3 is 3.00 bits per heavy atom. The van der Waals surface area contributed by atoms with Crippen LogP contribution in [0.25, 0.3) is 0 Å². The maximum atomic E-state index is 4.42. The topological polar surface area (TPSA) is 33.1 Å². The van der Waals surface area contributed by atoms with Crippen LogP contribution < -0.4 is 10.2 Å². The lowest BCUT2D eigenvalue weighted by atomic mass is 10.1. The Labute approximate surface area is 120 Å². The van der Waals surface area contributed by atoms with Crippen LogP contribution in [-0.4, -0.2) is 28.7 Å². The summed E-state index contributed by atoms with van der Waals surface area (Å²) in [4.78, 5) is 6.90. The van der Waals surface area contributed by atoms with E-state index < -0.39 is 0 Å². The Balaban J connectivity index is 1.78. The molecular formula is C16H22N4. The predicted octanol–water partition coefficient (Wildman–Crippen LogP) is 1.96. The molecule has 0 spiro atoms. The molecule has 0 saturated carbocycles. The fourth-order valence-electron chi connectivity index (χ4n) is 2.83. The summed E-state index contributed by atoms with van der Waals surface area (Å²) in [6, 6.07) is 9.20. The summed E-state index contributed by atoms with van der Waals surface area (Å²) < 4.78 is 2.10. The van der Waals surface area contributed by atoms with E-state index in [0.29, 0.717) is 6.04 Å². The molecule has 106 valence electrons. The van der Waals surface area contributed by atoms with E-state index in [4.69, 9.17) is 0 Å². The Kier molecular flexibility index (Phi) is 3.74. The van der Waals surface area contributed by atoms with Gasteiger partial charge in [0.15, 0.2) is 0 Å². The number of aromatic nitrogens is 2. The molecule has 0 bridgehead atoms. The number of hydrogen-bond donors (Lipinski definition) is 1. The van der Waals surface area contributed by atoms with Crippen molar-refractivity contribution >= 4 is 5.69 Å². The second-order valence-corrected chi connectivity index (χ2v) is 5.56. The molecular weight excluding hydrogens is 248 g/mol. The van der Waals surface area contributed by atoms with Gasteiger partial charge >= 0.3 is 0 Å². The molecule has 3 rings (SSSR count). The van der Waals surface area contributed by atoms with E-state index in [2.05, 4.69) is 58.0 Å². The number of imidazole rings is 1. The monoisotopic (exact) mass is 270 g/mol. The Hall–Kier alpha value is -1.81. The van der Waals surface area contributed by atoms with Crippen LogP contribution in [-0.2, 0) is 20.0 Å². The molecule has 1 aromatic heterocycles. The summed E-state index contributed by atoms with van der Waals surface area (Å²) in [6.45, 7) is 5.26. The number of hydrogen-bond acceptors (Lipinski definition) is 3. The van der Waals surface area contributed by atoms with Crippen LogP contribution in [0.15, 0.2) is 36.7 Å². The molecule has 4 nitrogen and oxygen atoms in total. The van der Waals surface area contributed by atoms with E-state index in [9.17, 15) is 0 Å². The Morgan fingerprint density at radius 2 is 2.20 bits per heavy atom. The number of nitrogens with one attached hydrogen (secondary N) is 1. The number of rotatable bonds is 3. The van der Waals surface area contributed by atoms with Crippen LogP contribution in [0, 0.1) is 0 Å². The lowest BCUT2D eigenvalue weighted by molar-refractivity contribution is 0.551. The van der Waals surface area contributed by atoms with Crippen molar-refractivity contribution in [1.82, 2.24) is 14.9 Å². The van der Waals surface area contributed by atoms with Crippen molar-refractivity contribution in [2.45, 2.75) is 25.9 Å². The minimum absolute atomic E-state index is 0.503. The van der Waals surface area contributed by atoms with Crippen LogP contribution in [0.4, 0.5) is 5.69 Å². The van der Waals surface area contributed by atoms with E-state index in [1.54, 1.807) is 0 Å². The van der Waals surface area contributed by atoms with Crippen LogP contribution in [0.5, 0.6) is 0 Å². The lowest BCUT2D eigenvalue weighted by Gasteiger charge is -2.26. The van der Waals surface area contributed by atoms with Crippen LogP contribution in [0.2, 0.25) is 0 Å².